The maximum atomic E-state index is 13.6. The smallest absolute Gasteiger partial charge is 0.237 e. The number of piperazine rings is 1. The molecular weight excluding hydrogens is 297 g/mol. The summed E-state index contributed by atoms with van der Waals surface area (Å²) >= 11 is 0. The van der Waals surface area contributed by atoms with Gasteiger partial charge in [0.05, 0.1) is 0 Å². The van der Waals surface area contributed by atoms with Crippen molar-refractivity contribution in [3.8, 4) is 0 Å². The fourth-order valence-electron chi connectivity index (χ4n) is 2.54. The van der Waals surface area contributed by atoms with Crippen molar-refractivity contribution < 1.29 is 14.0 Å². The number of amides is 2. The van der Waals surface area contributed by atoms with Gasteiger partial charge in [0.15, 0.2) is 0 Å². The van der Waals surface area contributed by atoms with Gasteiger partial charge in [0.1, 0.15) is 11.2 Å². The third kappa shape index (κ3) is 4.07. The van der Waals surface area contributed by atoms with Crippen molar-refractivity contribution in [2.75, 3.05) is 33.2 Å². The Morgan fingerprint density at radius 2 is 1.78 bits per heavy atom. The van der Waals surface area contributed by atoms with Crippen molar-refractivity contribution in [2.45, 2.75) is 20.4 Å². The van der Waals surface area contributed by atoms with Crippen molar-refractivity contribution in [3.05, 3.63) is 35.6 Å². The van der Waals surface area contributed by atoms with Crippen LogP contribution in [0.1, 0.15) is 19.4 Å². The number of nitrogens with one attached hydrogen (secondary N) is 1. The van der Waals surface area contributed by atoms with Crippen LogP contribution in [0.25, 0.3) is 0 Å². The van der Waals surface area contributed by atoms with E-state index in [9.17, 15) is 14.0 Å². The molecule has 1 aliphatic heterocycles. The molecule has 0 radical (unpaired) electrons. The van der Waals surface area contributed by atoms with Crippen LogP contribution in [0.15, 0.2) is 24.3 Å². The second-order valence-electron chi connectivity index (χ2n) is 6.49. The van der Waals surface area contributed by atoms with E-state index in [4.69, 9.17) is 0 Å². The van der Waals surface area contributed by atoms with Crippen LogP contribution in [-0.2, 0) is 16.1 Å². The number of rotatable bonds is 4. The van der Waals surface area contributed by atoms with E-state index in [0.717, 1.165) is 13.1 Å². The van der Waals surface area contributed by atoms with Crippen molar-refractivity contribution in [2.24, 2.45) is 5.41 Å². The predicted octanol–water partition coefficient (Wildman–Crippen LogP) is 1.24. The number of carbonyl (C=O) groups is 2. The number of carbonyl (C=O) groups excluding carboxylic acids is 2. The van der Waals surface area contributed by atoms with Gasteiger partial charge in [-0.1, -0.05) is 18.2 Å². The van der Waals surface area contributed by atoms with Gasteiger partial charge in [-0.2, -0.15) is 0 Å². The molecule has 1 aromatic carbocycles. The van der Waals surface area contributed by atoms with Crippen LogP contribution in [0.2, 0.25) is 0 Å². The van der Waals surface area contributed by atoms with E-state index in [-0.39, 0.29) is 24.2 Å². The molecule has 0 bridgehead atoms. The molecule has 0 atom stereocenters. The Kier molecular flexibility index (Phi) is 5.36. The molecule has 1 aromatic rings. The molecule has 1 heterocycles. The highest BCUT2D eigenvalue weighted by molar-refractivity contribution is 6.04. The van der Waals surface area contributed by atoms with E-state index in [2.05, 4.69) is 10.2 Å². The molecule has 1 saturated heterocycles. The summed E-state index contributed by atoms with van der Waals surface area (Å²) < 4.78 is 13.6. The minimum Gasteiger partial charge on any atom is -0.351 e. The van der Waals surface area contributed by atoms with Gasteiger partial charge in [0.2, 0.25) is 11.8 Å². The van der Waals surface area contributed by atoms with Crippen LogP contribution in [0.5, 0.6) is 0 Å². The standard InChI is InChI=1S/C17H24FN3O2/c1-17(2,16(23)21-10-8-20(3)9-11-21)15(22)19-12-13-6-4-5-7-14(13)18/h4-7H,8-12H2,1-3H3,(H,19,22). The molecule has 0 unspecified atom stereocenters. The van der Waals surface area contributed by atoms with E-state index in [0.29, 0.717) is 18.7 Å². The van der Waals surface area contributed by atoms with Crippen LogP contribution in [0.4, 0.5) is 4.39 Å². The van der Waals surface area contributed by atoms with E-state index in [1.807, 2.05) is 7.05 Å². The molecule has 1 N–H and O–H groups in total. The highest BCUT2D eigenvalue weighted by Gasteiger charge is 2.39. The normalized spacial score (nSPS) is 16.3. The van der Waals surface area contributed by atoms with Gasteiger partial charge >= 0.3 is 0 Å². The molecule has 2 rings (SSSR count). The van der Waals surface area contributed by atoms with Crippen LogP contribution in [0, 0.1) is 11.2 Å². The van der Waals surface area contributed by atoms with Crippen molar-refractivity contribution in [1.82, 2.24) is 15.1 Å². The minimum atomic E-state index is -1.17. The average Bonchev–Trinajstić information content (AvgIpc) is 2.53. The lowest BCUT2D eigenvalue weighted by Crippen LogP contribution is -2.54. The highest BCUT2D eigenvalue weighted by Crippen LogP contribution is 2.21. The zero-order chi connectivity index (χ0) is 17.0. The van der Waals surface area contributed by atoms with Gasteiger partial charge in [0, 0.05) is 38.3 Å². The van der Waals surface area contributed by atoms with E-state index in [1.54, 1.807) is 36.9 Å². The third-order valence-electron chi connectivity index (χ3n) is 4.29. The van der Waals surface area contributed by atoms with Crippen molar-refractivity contribution >= 4 is 11.8 Å². The molecule has 5 nitrogen and oxygen atoms in total. The molecule has 0 aromatic heterocycles. The fourth-order valence-corrected chi connectivity index (χ4v) is 2.54. The summed E-state index contributed by atoms with van der Waals surface area (Å²) in [6, 6.07) is 6.28. The predicted molar refractivity (Wildman–Crippen MR) is 86.1 cm³/mol. The van der Waals surface area contributed by atoms with Gasteiger partial charge in [-0.15, -0.1) is 0 Å². The van der Waals surface area contributed by atoms with E-state index < -0.39 is 5.41 Å². The molecular formula is C17H24FN3O2. The molecule has 0 spiro atoms. The van der Waals surface area contributed by atoms with Gasteiger partial charge in [-0.05, 0) is 27.0 Å². The molecule has 1 aliphatic rings. The Bertz CT molecular complexity index is 581. The van der Waals surface area contributed by atoms with Gasteiger partial charge in [-0.3, -0.25) is 9.59 Å². The van der Waals surface area contributed by atoms with Gasteiger partial charge in [-0.25, -0.2) is 4.39 Å². The Balaban J connectivity index is 1.96. The zero-order valence-electron chi connectivity index (χ0n) is 13.9. The number of benzene rings is 1. The number of nitrogens with zero attached hydrogens (tertiary/aromatic N) is 2. The van der Waals surface area contributed by atoms with E-state index >= 15 is 0 Å². The first-order valence-corrected chi connectivity index (χ1v) is 7.82. The quantitative estimate of drug-likeness (QED) is 0.849. The summed E-state index contributed by atoms with van der Waals surface area (Å²) in [6.07, 6.45) is 0. The summed E-state index contributed by atoms with van der Waals surface area (Å²) in [4.78, 5) is 28.9. The first-order chi connectivity index (χ1) is 10.8. The molecule has 0 aliphatic carbocycles. The average molecular weight is 321 g/mol. The summed E-state index contributed by atoms with van der Waals surface area (Å²) in [5.74, 6) is -0.933. The second-order valence-corrected chi connectivity index (χ2v) is 6.49. The lowest BCUT2D eigenvalue weighted by Gasteiger charge is -2.36. The van der Waals surface area contributed by atoms with Crippen LogP contribution < -0.4 is 5.32 Å². The first kappa shape index (κ1) is 17.4. The van der Waals surface area contributed by atoms with Crippen LogP contribution in [0.3, 0.4) is 0 Å². The third-order valence-corrected chi connectivity index (χ3v) is 4.29. The molecule has 6 heteroatoms. The minimum absolute atomic E-state index is 0.0744. The van der Waals surface area contributed by atoms with Crippen molar-refractivity contribution in [1.29, 1.82) is 0 Å². The van der Waals surface area contributed by atoms with Crippen molar-refractivity contribution in [3.63, 3.8) is 0 Å². The van der Waals surface area contributed by atoms with Gasteiger partial charge in [0.25, 0.3) is 0 Å². The maximum Gasteiger partial charge on any atom is 0.237 e. The number of hydrogen-bond donors (Lipinski definition) is 1. The Hall–Kier alpha value is -1.95. The molecule has 0 saturated carbocycles. The number of hydrogen-bond acceptors (Lipinski definition) is 3. The fraction of sp³-hybridized carbons (Fsp3) is 0.529. The summed E-state index contributed by atoms with van der Waals surface area (Å²) in [6.45, 7) is 6.16. The van der Waals surface area contributed by atoms with Gasteiger partial charge < -0.3 is 15.1 Å². The molecule has 126 valence electrons. The van der Waals surface area contributed by atoms with E-state index in [1.165, 1.54) is 6.07 Å². The Morgan fingerprint density at radius 3 is 2.39 bits per heavy atom. The molecule has 2 amide bonds. The Morgan fingerprint density at radius 1 is 1.17 bits per heavy atom. The summed E-state index contributed by atoms with van der Waals surface area (Å²) in [5, 5.41) is 2.67. The first-order valence-electron chi connectivity index (χ1n) is 7.82. The summed E-state index contributed by atoms with van der Waals surface area (Å²) in [7, 11) is 2.01. The highest BCUT2D eigenvalue weighted by atomic mass is 19.1. The van der Waals surface area contributed by atoms with Crippen LogP contribution >= 0.6 is 0 Å². The SMILES string of the molecule is CN1CCN(C(=O)C(C)(C)C(=O)NCc2ccccc2F)CC1. The monoisotopic (exact) mass is 321 g/mol. The summed E-state index contributed by atoms with van der Waals surface area (Å²) in [5.41, 5.74) is -0.759. The zero-order valence-corrected chi connectivity index (χ0v) is 13.9. The Labute approximate surface area is 136 Å². The topological polar surface area (TPSA) is 52.7 Å². The van der Waals surface area contributed by atoms with Crippen LogP contribution in [-0.4, -0.2) is 54.8 Å². The number of likely N-dealkylation sites (N-methyl/N-ethyl adjacent to an activating group) is 1. The lowest BCUT2D eigenvalue weighted by molar-refractivity contribution is -0.149. The maximum absolute atomic E-state index is 13.6. The largest absolute Gasteiger partial charge is 0.351 e. The molecule has 1 fully saturated rings. The second kappa shape index (κ2) is 7.08. The molecule has 23 heavy (non-hydrogen) atoms. The lowest BCUT2D eigenvalue weighted by atomic mass is 9.90. The number of halogens is 1.